The van der Waals surface area contributed by atoms with Crippen LogP contribution in [-0.4, -0.2) is 43.9 Å². The highest BCUT2D eigenvalue weighted by molar-refractivity contribution is 7.91. The number of sulfone groups is 1. The van der Waals surface area contributed by atoms with E-state index in [-0.39, 0.29) is 18.0 Å². The first-order chi connectivity index (χ1) is 10.1. The van der Waals surface area contributed by atoms with E-state index in [1.807, 2.05) is 24.3 Å². The molecule has 1 fully saturated rings. The molecule has 1 aliphatic rings. The third-order valence-electron chi connectivity index (χ3n) is 4.04. The van der Waals surface area contributed by atoms with Gasteiger partial charge in [0.25, 0.3) is 0 Å². The highest BCUT2D eigenvalue weighted by Gasteiger charge is 2.32. The number of likely N-dealkylation sites (tertiary alicyclic amines) is 1. The van der Waals surface area contributed by atoms with E-state index in [4.69, 9.17) is 0 Å². The highest BCUT2D eigenvalue weighted by Crippen LogP contribution is 2.24. The molecule has 1 aromatic carbocycles. The third-order valence-corrected chi connectivity index (χ3v) is 5.64. The first-order valence-electron chi connectivity index (χ1n) is 7.43. The quantitative estimate of drug-likeness (QED) is 0.909. The number of nitrogens with zero attached hydrogens (tertiary/aromatic N) is 1. The number of hydrogen-bond donors (Lipinski definition) is 1. The lowest BCUT2D eigenvalue weighted by Crippen LogP contribution is -2.34. The van der Waals surface area contributed by atoms with Crippen LogP contribution in [0, 0.1) is 0 Å². The van der Waals surface area contributed by atoms with Gasteiger partial charge < -0.3 is 10.2 Å². The Bertz CT molecular complexity index is 645. The molecule has 5 nitrogen and oxygen atoms in total. The van der Waals surface area contributed by atoms with Crippen LogP contribution in [0.25, 0.3) is 0 Å². The molecule has 22 heavy (non-hydrogen) atoms. The Morgan fingerprint density at radius 1 is 1.23 bits per heavy atom. The molecule has 2 rings (SSSR count). The average Bonchev–Trinajstić information content (AvgIpc) is 2.87. The molecular weight excluding hydrogens is 300 g/mol. The molecule has 1 heterocycles. The van der Waals surface area contributed by atoms with Gasteiger partial charge in [0.2, 0.25) is 0 Å². The van der Waals surface area contributed by atoms with Crippen molar-refractivity contribution in [3.8, 4) is 0 Å². The molecule has 1 N–H and O–H groups in total. The van der Waals surface area contributed by atoms with Crippen LogP contribution in [0.1, 0.15) is 32.8 Å². The van der Waals surface area contributed by atoms with Crippen molar-refractivity contribution in [2.75, 3.05) is 24.7 Å². The maximum Gasteiger partial charge on any atom is 0.321 e. The fourth-order valence-corrected chi connectivity index (χ4v) is 3.50. The third kappa shape index (κ3) is 4.00. The Morgan fingerprint density at radius 3 is 2.27 bits per heavy atom. The Balaban J connectivity index is 1.98. The molecule has 0 radical (unpaired) electrons. The van der Waals surface area contributed by atoms with Gasteiger partial charge in [-0.3, -0.25) is 0 Å². The van der Waals surface area contributed by atoms with Gasteiger partial charge >= 0.3 is 6.03 Å². The summed E-state index contributed by atoms with van der Waals surface area (Å²) in [5.74, 6) is 0. The van der Waals surface area contributed by atoms with E-state index in [1.54, 1.807) is 4.90 Å². The number of anilines is 1. The molecule has 1 aliphatic heterocycles. The van der Waals surface area contributed by atoms with E-state index < -0.39 is 15.1 Å². The molecule has 0 spiro atoms. The summed E-state index contributed by atoms with van der Waals surface area (Å²) in [5, 5.41) is 2.38. The van der Waals surface area contributed by atoms with Gasteiger partial charge in [-0.05, 0) is 29.5 Å². The van der Waals surface area contributed by atoms with E-state index in [0.29, 0.717) is 13.0 Å². The largest absolute Gasteiger partial charge is 0.323 e. The van der Waals surface area contributed by atoms with E-state index in [2.05, 4.69) is 26.1 Å². The second-order valence-corrected chi connectivity index (χ2v) is 9.27. The summed E-state index contributed by atoms with van der Waals surface area (Å²) in [7, 11) is -3.09. The van der Waals surface area contributed by atoms with Crippen molar-refractivity contribution in [3.63, 3.8) is 0 Å². The van der Waals surface area contributed by atoms with Crippen molar-refractivity contribution in [2.24, 2.45) is 0 Å². The Morgan fingerprint density at radius 2 is 1.82 bits per heavy atom. The topological polar surface area (TPSA) is 66.5 Å². The second-order valence-electron chi connectivity index (χ2n) is 6.94. The standard InChI is InChI=1S/C16H24N2O3S/c1-16(2,3)12-5-7-13(8-6-12)17-15(19)18-10-9-14(11-18)22(4,20)21/h5-8,14H,9-11H2,1-4H3,(H,17,19). The van der Waals surface area contributed by atoms with Crippen molar-refractivity contribution < 1.29 is 13.2 Å². The lowest BCUT2D eigenvalue weighted by molar-refractivity contribution is 0.222. The molecule has 2 amide bonds. The fraction of sp³-hybridized carbons (Fsp3) is 0.562. The molecule has 1 aromatic rings. The Labute approximate surface area is 132 Å². The summed E-state index contributed by atoms with van der Waals surface area (Å²) in [6.45, 7) is 7.15. The fourth-order valence-electron chi connectivity index (χ4n) is 2.52. The Hall–Kier alpha value is -1.56. The van der Waals surface area contributed by atoms with E-state index >= 15 is 0 Å². The maximum absolute atomic E-state index is 12.2. The van der Waals surface area contributed by atoms with Gasteiger partial charge in [0.1, 0.15) is 0 Å². The van der Waals surface area contributed by atoms with E-state index in [1.165, 1.54) is 11.8 Å². The van der Waals surface area contributed by atoms with Crippen LogP contribution in [0.3, 0.4) is 0 Å². The zero-order valence-electron chi connectivity index (χ0n) is 13.6. The van der Waals surface area contributed by atoms with Crippen LogP contribution in [-0.2, 0) is 15.3 Å². The molecule has 0 saturated carbocycles. The summed E-state index contributed by atoms with van der Waals surface area (Å²) >= 11 is 0. The molecule has 6 heteroatoms. The van der Waals surface area contributed by atoms with Crippen LogP contribution in [0.2, 0.25) is 0 Å². The number of nitrogens with one attached hydrogen (secondary N) is 1. The summed E-state index contributed by atoms with van der Waals surface area (Å²) in [6.07, 6.45) is 1.74. The molecule has 0 bridgehead atoms. The van der Waals surface area contributed by atoms with Crippen LogP contribution in [0.4, 0.5) is 10.5 Å². The smallest absolute Gasteiger partial charge is 0.321 e. The first kappa shape index (κ1) is 16.8. The SMILES string of the molecule is CC(C)(C)c1ccc(NC(=O)N2CCC(S(C)(=O)=O)C2)cc1. The lowest BCUT2D eigenvalue weighted by atomic mass is 9.87. The van der Waals surface area contributed by atoms with Crippen molar-refractivity contribution in [1.29, 1.82) is 0 Å². The second kappa shape index (κ2) is 5.91. The first-order valence-corrected chi connectivity index (χ1v) is 9.38. The van der Waals surface area contributed by atoms with Gasteiger partial charge in [-0.15, -0.1) is 0 Å². The zero-order valence-corrected chi connectivity index (χ0v) is 14.4. The molecule has 1 saturated heterocycles. The maximum atomic E-state index is 12.2. The number of carbonyl (C=O) groups excluding carboxylic acids is 1. The number of urea groups is 1. The van der Waals surface area contributed by atoms with Crippen molar-refractivity contribution in [3.05, 3.63) is 29.8 Å². The van der Waals surface area contributed by atoms with Crippen LogP contribution < -0.4 is 5.32 Å². The molecular formula is C16H24N2O3S. The molecule has 1 atom stereocenters. The number of amides is 2. The molecule has 0 aliphatic carbocycles. The van der Waals surface area contributed by atoms with Crippen LogP contribution >= 0.6 is 0 Å². The zero-order chi connectivity index (χ0) is 16.5. The highest BCUT2D eigenvalue weighted by atomic mass is 32.2. The Kier molecular flexibility index (Phi) is 4.52. The molecule has 1 unspecified atom stereocenters. The van der Waals surface area contributed by atoms with Crippen LogP contribution in [0.5, 0.6) is 0 Å². The number of hydrogen-bond acceptors (Lipinski definition) is 3. The van der Waals surface area contributed by atoms with Crippen molar-refractivity contribution >= 4 is 21.6 Å². The minimum Gasteiger partial charge on any atom is -0.323 e. The van der Waals surface area contributed by atoms with Gasteiger partial charge in [0.15, 0.2) is 9.84 Å². The average molecular weight is 324 g/mol. The van der Waals surface area contributed by atoms with Crippen molar-refractivity contribution in [2.45, 2.75) is 37.9 Å². The summed E-state index contributed by atoms with van der Waals surface area (Å²) in [4.78, 5) is 13.7. The van der Waals surface area contributed by atoms with Gasteiger partial charge in [-0.25, -0.2) is 13.2 Å². The number of carbonyl (C=O) groups is 1. The predicted molar refractivity (Wildman–Crippen MR) is 89.0 cm³/mol. The monoisotopic (exact) mass is 324 g/mol. The lowest BCUT2D eigenvalue weighted by Gasteiger charge is -2.20. The van der Waals surface area contributed by atoms with Crippen molar-refractivity contribution in [1.82, 2.24) is 4.90 Å². The van der Waals surface area contributed by atoms with Crippen LogP contribution in [0.15, 0.2) is 24.3 Å². The minimum absolute atomic E-state index is 0.0696. The summed E-state index contributed by atoms with van der Waals surface area (Å²) in [5.41, 5.74) is 1.99. The van der Waals surface area contributed by atoms with Gasteiger partial charge in [-0.2, -0.15) is 0 Å². The molecule has 122 valence electrons. The molecule has 0 aromatic heterocycles. The van der Waals surface area contributed by atoms with Gasteiger partial charge in [0, 0.05) is 25.0 Å². The van der Waals surface area contributed by atoms with E-state index in [0.717, 1.165) is 5.69 Å². The number of rotatable bonds is 2. The summed E-state index contributed by atoms with van der Waals surface area (Å²) in [6, 6.07) is 7.51. The number of benzene rings is 1. The van der Waals surface area contributed by atoms with Gasteiger partial charge in [0.05, 0.1) is 5.25 Å². The van der Waals surface area contributed by atoms with E-state index in [9.17, 15) is 13.2 Å². The minimum atomic E-state index is -3.09. The normalized spacial score (nSPS) is 19.3. The summed E-state index contributed by atoms with van der Waals surface area (Å²) < 4.78 is 23.1. The predicted octanol–water partition coefficient (Wildman–Crippen LogP) is 2.63. The van der Waals surface area contributed by atoms with Gasteiger partial charge in [-0.1, -0.05) is 32.9 Å².